The number of carbonyl (C=O) groups excluding carboxylic acids is 1. The van der Waals surface area contributed by atoms with Crippen LogP contribution in [-0.2, 0) is 21.2 Å². The Morgan fingerprint density at radius 3 is 2.16 bits per heavy atom. The number of rotatable bonds is 8. The molecule has 168 valence electrons. The zero-order valence-electron chi connectivity index (χ0n) is 19.1. The van der Waals surface area contributed by atoms with E-state index in [0.29, 0.717) is 17.7 Å². The minimum atomic E-state index is -3.86. The van der Waals surface area contributed by atoms with Crippen LogP contribution in [0, 0.1) is 27.7 Å². The van der Waals surface area contributed by atoms with Crippen molar-refractivity contribution in [3.05, 3.63) is 94.5 Å². The molecule has 1 amide bonds. The summed E-state index contributed by atoms with van der Waals surface area (Å²) in [5.41, 5.74) is 5.27. The van der Waals surface area contributed by atoms with E-state index in [0.717, 1.165) is 22.3 Å². The van der Waals surface area contributed by atoms with E-state index in [4.69, 9.17) is 0 Å². The molecule has 0 aromatic heterocycles. The van der Waals surface area contributed by atoms with Crippen molar-refractivity contribution >= 4 is 21.6 Å². The second-order valence-corrected chi connectivity index (χ2v) is 10.2. The van der Waals surface area contributed by atoms with Gasteiger partial charge in [-0.15, -0.1) is 0 Å². The Morgan fingerprint density at radius 2 is 1.50 bits per heavy atom. The summed E-state index contributed by atoms with van der Waals surface area (Å²) in [4.78, 5) is 13.1. The molecule has 0 saturated heterocycles. The summed E-state index contributed by atoms with van der Waals surface area (Å²) in [7, 11) is -3.86. The molecule has 0 aliphatic rings. The van der Waals surface area contributed by atoms with Gasteiger partial charge < -0.3 is 5.32 Å². The van der Waals surface area contributed by atoms with Crippen LogP contribution < -0.4 is 5.32 Å². The van der Waals surface area contributed by atoms with Crippen LogP contribution in [0.15, 0.2) is 71.6 Å². The lowest BCUT2D eigenvalue weighted by Crippen LogP contribution is -2.39. The van der Waals surface area contributed by atoms with Gasteiger partial charge in [0.15, 0.2) is 0 Å². The Kier molecular flexibility index (Phi) is 7.48. The first-order valence-corrected chi connectivity index (χ1v) is 12.1. The fourth-order valence-corrected chi connectivity index (χ4v) is 5.42. The highest BCUT2D eigenvalue weighted by atomic mass is 32.2. The Balaban J connectivity index is 1.87. The van der Waals surface area contributed by atoms with Crippen molar-refractivity contribution in [1.82, 2.24) is 4.31 Å². The third kappa shape index (κ3) is 6.05. The number of aryl methyl sites for hydroxylation is 4. The van der Waals surface area contributed by atoms with Crippen molar-refractivity contribution in [3.63, 3.8) is 0 Å². The van der Waals surface area contributed by atoms with Gasteiger partial charge in [0.25, 0.3) is 0 Å². The topological polar surface area (TPSA) is 66.5 Å². The summed E-state index contributed by atoms with van der Waals surface area (Å²) in [5.74, 6) is -0.364. The van der Waals surface area contributed by atoms with Gasteiger partial charge in [0.05, 0.1) is 11.4 Å². The number of sulfonamides is 1. The van der Waals surface area contributed by atoms with Gasteiger partial charge in [-0.2, -0.15) is 4.31 Å². The number of hydrogen-bond donors (Lipinski definition) is 1. The minimum absolute atomic E-state index is 0.208. The SMILES string of the molecule is Cc1cc(C)cc(NC(=O)CN(CCc2ccccc2)S(=O)(=O)c2cc(C)ccc2C)c1. The highest BCUT2D eigenvalue weighted by Gasteiger charge is 2.28. The predicted octanol–water partition coefficient (Wildman–Crippen LogP) is 4.79. The van der Waals surface area contributed by atoms with Crippen LogP contribution in [-0.4, -0.2) is 31.7 Å². The van der Waals surface area contributed by atoms with Crippen LogP contribution in [0.5, 0.6) is 0 Å². The lowest BCUT2D eigenvalue weighted by molar-refractivity contribution is -0.116. The molecule has 0 aliphatic heterocycles. The second kappa shape index (κ2) is 10.1. The standard InChI is InChI=1S/C26H30N2O3S/c1-19-10-11-22(4)25(17-19)32(30,31)28(13-12-23-8-6-5-7-9-23)18-26(29)27-24-15-20(2)14-21(3)16-24/h5-11,14-17H,12-13,18H2,1-4H3,(H,27,29). The van der Waals surface area contributed by atoms with E-state index < -0.39 is 10.0 Å². The van der Waals surface area contributed by atoms with Gasteiger partial charge in [-0.1, -0.05) is 48.5 Å². The maximum atomic E-state index is 13.6. The number of anilines is 1. The van der Waals surface area contributed by atoms with Crippen LogP contribution in [0.1, 0.15) is 27.8 Å². The predicted molar refractivity (Wildman–Crippen MR) is 129 cm³/mol. The van der Waals surface area contributed by atoms with Crippen molar-refractivity contribution in [2.75, 3.05) is 18.4 Å². The van der Waals surface area contributed by atoms with Crippen molar-refractivity contribution in [2.45, 2.75) is 39.0 Å². The number of nitrogens with one attached hydrogen (secondary N) is 1. The second-order valence-electron chi connectivity index (χ2n) is 8.27. The van der Waals surface area contributed by atoms with Gasteiger partial charge in [-0.3, -0.25) is 4.79 Å². The van der Waals surface area contributed by atoms with Crippen LogP contribution in [0.3, 0.4) is 0 Å². The summed E-state index contributed by atoms with van der Waals surface area (Å²) >= 11 is 0. The molecule has 1 N–H and O–H groups in total. The van der Waals surface area contributed by atoms with Crippen LogP contribution in [0.25, 0.3) is 0 Å². The molecule has 32 heavy (non-hydrogen) atoms. The molecule has 3 aromatic carbocycles. The molecule has 0 heterocycles. The Labute approximate surface area is 191 Å². The van der Waals surface area contributed by atoms with Crippen molar-refractivity contribution in [3.8, 4) is 0 Å². The molecule has 3 aromatic rings. The van der Waals surface area contributed by atoms with Crippen LogP contribution in [0.4, 0.5) is 5.69 Å². The number of amides is 1. The maximum absolute atomic E-state index is 13.6. The normalized spacial score (nSPS) is 11.5. The zero-order chi connectivity index (χ0) is 23.3. The first-order chi connectivity index (χ1) is 15.1. The summed E-state index contributed by atoms with van der Waals surface area (Å²) in [5, 5.41) is 2.86. The van der Waals surface area contributed by atoms with Crippen LogP contribution in [0.2, 0.25) is 0 Å². The molecule has 0 unspecified atom stereocenters. The molecule has 0 aliphatic carbocycles. The first kappa shape index (κ1) is 23.7. The highest BCUT2D eigenvalue weighted by Crippen LogP contribution is 2.22. The molecule has 6 heteroatoms. The highest BCUT2D eigenvalue weighted by molar-refractivity contribution is 7.89. The molecule has 0 radical (unpaired) electrons. The average Bonchev–Trinajstić information content (AvgIpc) is 2.72. The molecule has 0 atom stereocenters. The molecule has 3 rings (SSSR count). The minimum Gasteiger partial charge on any atom is -0.325 e. The summed E-state index contributed by atoms with van der Waals surface area (Å²) in [6.07, 6.45) is 0.516. The van der Waals surface area contributed by atoms with Crippen molar-refractivity contribution < 1.29 is 13.2 Å². The Bertz CT molecular complexity index is 1180. The monoisotopic (exact) mass is 450 g/mol. The fraction of sp³-hybridized carbons (Fsp3) is 0.269. The van der Waals surface area contributed by atoms with E-state index in [1.54, 1.807) is 19.1 Å². The van der Waals surface area contributed by atoms with E-state index in [-0.39, 0.29) is 23.9 Å². The van der Waals surface area contributed by atoms with E-state index in [1.165, 1.54) is 4.31 Å². The van der Waals surface area contributed by atoms with Gasteiger partial charge in [-0.25, -0.2) is 8.42 Å². The average molecular weight is 451 g/mol. The molecule has 0 bridgehead atoms. The smallest absolute Gasteiger partial charge is 0.243 e. The quantitative estimate of drug-likeness (QED) is 0.536. The third-order valence-corrected chi connectivity index (χ3v) is 7.27. The number of carbonyl (C=O) groups is 1. The Morgan fingerprint density at radius 1 is 0.844 bits per heavy atom. The van der Waals surface area contributed by atoms with E-state index >= 15 is 0 Å². The van der Waals surface area contributed by atoms with Gasteiger partial charge >= 0.3 is 0 Å². The Hall–Kier alpha value is -2.96. The molecular formula is C26H30N2O3S. The molecule has 0 spiro atoms. The van der Waals surface area contributed by atoms with Gasteiger partial charge in [0, 0.05) is 12.2 Å². The zero-order valence-corrected chi connectivity index (χ0v) is 19.9. The molecular weight excluding hydrogens is 420 g/mol. The lowest BCUT2D eigenvalue weighted by Gasteiger charge is -2.23. The van der Waals surface area contributed by atoms with Crippen molar-refractivity contribution in [2.24, 2.45) is 0 Å². The number of benzene rings is 3. The number of nitrogens with zero attached hydrogens (tertiary/aromatic N) is 1. The fourth-order valence-electron chi connectivity index (χ4n) is 3.71. The van der Waals surface area contributed by atoms with Gasteiger partial charge in [-0.05, 0) is 80.1 Å². The summed E-state index contributed by atoms with van der Waals surface area (Å²) < 4.78 is 28.4. The van der Waals surface area contributed by atoms with Crippen LogP contribution >= 0.6 is 0 Å². The maximum Gasteiger partial charge on any atom is 0.243 e. The third-order valence-electron chi connectivity index (χ3n) is 5.28. The summed E-state index contributed by atoms with van der Waals surface area (Å²) in [6, 6.07) is 20.8. The first-order valence-electron chi connectivity index (χ1n) is 10.6. The lowest BCUT2D eigenvalue weighted by atomic mass is 10.1. The largest absolute Gasteiger partial charge is 0.325 e. The molecule has 0 fully saturated rings. The van der Waals surface area contributed by atoms with Gasteiger partial charge in [0.2, 0.25) is 15.9 Å². The molecule has 0 saturated carbocycles. The summed E-state index contributed by atoms with van der Waals surface area (Å²) in [6.45, 7) is 7.51. The van der Waals surface area contributed by atoms with E-state index in [9.17, 15) is 13.2 Å². The number of hydrogen-bond acceptors (Lipinski definition) is 3. The van der Waals surface area contributed by atoms with E-state index in [1.807, 2.05) is 75.4 Å². The van der Waals surface area contributed by atoms with Crippen molar-refractivity contribution in [1.29, 1.82) is 0 Å². The molecule has 5 nitrogen and oxygen atoms in total. The van der Waals surface area contributed by atoms with Gasteiger partial charge in [0.1, 0.15) is 0 Å². The van der Waals surface area contributed by atoms with E-state index in [2.05, 4.69) is 5.32 Å².